The van der Waals surface area contributed by atoms with Gasteiger partial charge in [0.1, 0.15) is 5.60 Å². The fraction of sp³-hybridized carbons (Fsp3) is 0.303. The van der Waals surface area contributed by atoms with E-state index < -0.39 is 5.60 Å². The molecule has 0 saturated carbocycles. The van der Waals surface area contributed by atoms with Crippen molar-refractivity contribution in [2.24, 2.45) is 0 Å². The van der Waals surface area contributed by atoms with Crippen LogP contribution in [0.25, 0.3) is 10.9 Å². The van der Waals surface area contributed by atoms with Crippen LogP contribution in [-0.2, 0) is 16.1 Å². The number of aromatic nitrogens is 1. The summed E-state index contributed by atoms with van der Waals surface area (Å²) in [5, 5.41) is 4.06. The highest BCUT2D eigenvalue weighted by molar-refractivity contribution is 6.00. The number of anilines is 1. The van der Waals surface area contributed by atoms with Crippen molar-refractivity contribution in [3.8, 4) is 0 Å². The Labute approximate surface area is 231 Å². The molecule has 0 bridgehead atoms. The van der Waals surface area contributed by atoms with E-state index >= 15 is 0 Å². The number of carbonyl (C=O) groups is 2. The lowest BCUT2D eigenvalue weighted by Gasteiger charge is -2.28. The van der Waals surface area contributed by atoms with E-state index in [0.29, 0.717) is 25.2 Å². The Morgan fingerprint density at radius 1 is 0.897 bits per heavy atom. The number of pyridine rings is 1. The molecule has 6 nitrogen and oxygen atoms in total. The van der Waals surface area contributed by atoms with E-state index in [0.717, 1.165) is 34.9 Å². The summed E-state index contributed by atoms with van der Waals surface area (Å²) >= 11 is 0. The molecule has 6 heteroatoms. The van der Waals surface area contributed by atoms with E-state index in [1.807, 2.05) is 99.6 Å². The molecule has 2 amide bonds. The second-order valence-electron chi connectivity index (χ2n) is 10.8. The van der Waals surface area contributed by atoms with Gasteiger partial charge in [0.2, 0.25) is 5.91 Å². The summed E-state index contributed by atoms with van der Waals surface area (Å²) in [6.45, 7) is 6.63. The number of fused-ring (bicyclic) bond motifs is 1. The van der Waals surface area contributed by atoms with Gasteiger partial charge in [0, 0.05) is 31.1 Å². The van der Waals surface area contributed by atoms with Crippen molar-refractivity contribution in [2.45, 2.75) is 58.1 Å². The van der Waals surface area contributed by atoms with Crippen LogP contribution in [0.2, 0.25) is 0 Å². The van der Waals surface area contributed by atoms with Crippen molar-refractivity contribution >= 4 is 28.6 Å². The molecular formula is C33H37N3O3. The molecule has 0 aliphatic heterocycles. The normalized spacial score (nSPS) is 12.1. The summed E-state index contributed by atoms with van der Waals surface area (Å²) < 4.78 is 5.70. The van der Waals surface area contributed by atoms with Crippen molar-refractivity contribution in [3.05, 3.63) is 108 Å². The summed E-state index contributed by atoms with van der Waals surface area (Å²) in [6.07, 6.45) is 3.21. The lowest BCUT2D eigenvalue weighted by Crippen LogP contribution is -2.37. The van der Waals surface area contributed by atoms with Gasteiger partial charge in [0.05, 0.1) is 11.2 Å². The Hall–Kier alpha value is -4.19. The van der Waals surface area contributed by atoms with Crippen LogP contribution in [-0.4, -0.2) is 34.0 Å². The Kier molecular flexibility index (Phi) is 9.31. The predicted octanol–water partition coefficient (Wildman–Crippen LogP) is 7.56. The highest BCUT2D eigenvalue weighted by Crippen LogP contribution is 2.27. The van der Waals surface area contributed by atoms with Crippen molar-refractivity contribution in [3.63, 3.8) is 0 Å². The number of rotatable bonds is 10. The lowest BCUT2D eigenvalue weighted by molar-refractivity contribution is -0.116. The largest absolute Gasteiger partial charge is 0.444 e. The fourth-order valence-corrected chi connectivity index (χ4v) is 4.64. The van der Waals surface area contributed by atoms with Crippen molar-refractivity contribution in [1.29, 1.82) is 0 Å². The zero-order chi connectivity index (χ0) is 27.7. The molecule has 4 aromatic rings. The summed E-state index contributed by atoms with van der Waals surface area (Å²) in [7, 11) is 0. The first-order chi connectivity index (χ1) is 18.8. The Morgan fingerprint density at radius 2 is 1.59 bits per heavy atom. The molecule has 1 aromatic heterocycles. The van der Waals surface area contributed by atoms with Crippen LogP contribution in [0.15, 0.2) is 97.2 Å². The molecule has 0 aliphatic carbocycles. The molecule has 1 heterocycles. The second kappa shape index (κ2) is 13.1. The van der Waals surface area contributed by atoms with Gasteiger partial charge in [-0.05, 0) is 62.8 Å². The van der Waals surface area contributed by atoms with Crippen LogP contribution >= 0.6 is 0 Å². The van der Waals surface area contributed by atoms with Crippen LogP contribution in [0.4, 0.5) is 10.5 Å². The van der Waals surface area contributed by atoms with Crippen LogP contribution in [0.1, 0.15) is 57.1 Å². The molecule has 4 rings (SSSR count). The van der Waals surface area contributed by atoms with Gasteiger partial charge in [-0.2, -0.15) is 0 Å². The third kappa shape index (κ3) is 8.40. The number of hydrogen-bond acceptors (Lipinski definition) is 4. The van der Waals surface area contributed by atoms with Gasteiger partial charge < -0.3 is 15.0 Å². The van der Waals surface area contributed by atoms with Gasteiger partial charge >= 0.3 is 6.09 Å². The maximum Gasteiger partial charge on any atom is 0.410 e. The molecule has 0 saturated heterocycles. The number of carbonyl (C=O) groups excluding carboxylic acids is 2. The van der Waals surface area contributed by atoms with E-state index in [9.17, 15) is 9.59 Å². The molecule has 0 spiro atoms. The molecule has 0 fully saturated rings. The van der Waals surface area contributed by atoms with Crippen LogP contribution < -0.4 is 5.32 Å². The third-order valence-corrected chi connectivity index (χ3v) is 6.46. The zero-order valence-electron chi connectivity index (χ0n) is 23.0. The van der Waals surface area contributed by atoms with E-state index in [1.54, 1.807) is 11.1 Å². The van der Waals surface area contributed by atoms with Crippen LogP contribution in [0.3, 0.4) is 0 Å². The maximum atomic E-state index is 13.2. The lowest BCUT2D eigenvalue weighted by atomic mass is 9.90. The molecule has 1 N–H and O–H groups in total. The van der Waals surface area contributed by atoms with Gasteiger partial charge in [0.25, 0.3) is 0 Å². The summed E-state index contributed by atoms with van der Waals surface area (Å²) in [5.41, 5.74) is 3.07. The number of para-hydroxylation sites is 1. The first kappa shape index (κ1) is 27.8. The fourth-order valence-electron chi connectivity index (χ4n) is 4.64. The number of benzene rings is 3. The van der Waals surface area contributed by atoms with E-state index in [2.05, 4.69) is 22.4 Å². The van der Waals surface area contributed by atoms with Gasteiger partial charge in [0.15, 0.2) is 0 Å². The van der Waals surface area contributed by atoms with Gasteiger partial charge in [-0.1, -0.05) is 78.9 Å². The Balaban J connectivity index is 1.44. The van der Waals surface area contributed by atoms with Gasteiger partial charge in [-0.25, -0.2) is 4.79 Å². The quantitative estimate of drug-likeness (QED) is 0.233. The Morgan fingerprint density at radius 3 is 2.31 bits per heavy atom. The monoisotopic (exact) mass is 523 g/mol. The molecule has 1 unspecified atom stereocenters. The molecular weight excluding hydrogens is 486 g/mol. The average molecular weight is 524 g/mol. The van der Waals surface area contributed by atoms with Crippen molar-refractivity contribution in [1.82, 2.24) is 9.88 Å². The highest BCUT2D eigenvalue weighted by Gasteiger charge is 2.23. The minimum absolute atomic E-state index is 0.00588. The minimum atomic E-state index is -0.576. The van der Waals surface area contributed by atoms with E-state index in [4.69, 9.17) is 4.74 Å². The van der Waals surface area contributed by atoms with E-state index in [-0.39, 0.29) is 17.9 Å². The average Bonchev–Trinajstić information content (AvgIpc) is 2.92. The van der Waals surface area contributed by atoms with Crippen LogP contribution in [0, 0.1) is 0 Å². The Bertz CT molecular complexity index is 1360. The minimum Gasteiger partial charge on any atom is -0.444 e. The standard InChI is InChI=1S/C33H37N3O3/c1-33(2,3)39-32(38)36(24-25-13-6-4-7-14-25)22-12-19-28(26-15-8-5-9-16-26)23-30(37)35-29-20-10-17-27-18-11-21-34-31(27)29/h4-11,13-18,20-21,28H,12,19,22-24H2,1-3H3,(H,35,37). The number of amides is 2. The highest BCUT2D eigenvalue weighted by atomic mass is 16.6. The third-order valence-electron chi connectivity index (χ3n) is 6.46. The molecule has 202 valence electrons. The molecule has 39 heavy (non-hydrogen) atoms. The van der Waals surface area contributed by atoms with Crippen molar-refractivity contribution in [2.75, 3.05) is 11.9 Å². The number of nitrogens with zero attached hydrogens (tertiary/aromatic N) is 2. The first-order valence-corrected chi connectivity index (χ1v) is 13.5. The molecule has 3 aromatic carbocycles. The van der Waals surface area contributed by atoms with Gasteiger partial charge in [-0.3, -0.25) is 9.78 Å². The summed E-state index contributed by atoms with van der Waals surface area (Å²) in [5.74, 6) is -0.0540. The maximum absolute atomic E-state index is 13.2. The SMILES string of the molecule is CC(C)(C)OC(=O)N(CCCC(CC(=O)Nc1cccc2cccnc12)c1ccccc1)Cc1ccccc1. The number of nitrogens with one attached hydrogen (secondary N) is 1. The smallest absolute Gasteiger partial charge is 0.410 e. The topological polar surface area (TPSA) is 71.5 Å². The number of hydrogen-bond donors (Lipinski definition) is 1. The second-order valence-corrected chi connectivity index (χ2v) is 10.8. The molecule has 0 radical (unpaired) electrons. The first-order valence-electron chi connectivity index (χ1n) is 13.5. The summed E-state index contributed by atoms with van der Waals surface area (Å²) in [6, 6.07) is 29.7. The van der Waals surface area contributed by atoms with E-state index in [1.165, 1.54) is 0 Å². The van der Waals surface area contributed by atoms with Crippen LogP contribution in [0.5, 0.6) is 0 Å². The molecule has 1 atom stereocenters. The number of ether oxygens (including phenoxy) is 1. The van der Waals surface area contributed by atoms with Crippen molar-refractivity contribution < 1.29 is 14.3 Å². The van der Waals surface area contributed by atoms with Gasteiger partial charge in [-0.15, -0.1) is 0 Å². The zero-order valence-corrected chi connectivity index (χ0v) is 23.0. The predicted molar refractivity (Wildman–Crippen MR) is 156 cm³/mol. The molecule has 0 aliphatic rings. The summed E-state index contributed by atoms with van der Waals surface area (Å²) in [4.78, 5) is 32.5.